The first-order chi connectivity index (χ1) is 31.7. The average molecular weight is 832 g/mol. The molecular formula is C62H41NS. The van der Waals surface area contributed by atoms with Crippen LogP contribution in [0, 0.1) is 0 Å². The summed E-state index contributed by atoms with van der Waals surface area (Å²) in [5.74, 6) is 0. The molecule has 0 saturated carbocycles. The van der Waals surface area contributed by atoms with E-state index in [0.29, 0.717) is 0 Å². The van der Waals surface area contributed by atoms with Crippen LogP contribution in [0.1, 0.15) is 0 Å². The van der Waals surface area contributed by atoms with E-state index in [1.807, 2.05) is 11.3 Å². The Balaban J connectivity index is 1.01. The lowest BCUT2D eigenvalue weighted by atomic mass is 9.84. The van der Waals surface area contributed by atoms with Gasteiger partial charge in [-0.2, -0.15) is 0 Å². The van der Waals surface area contributed by atoms with Crippen molar-refractivity contribution < 1.29 is 0 Å². The standard InChI is InChI=1S/C62H41NS/c1-4-16-42(17-5-1)43-30-35-49(36-31-43)63(50-37-32-44(33-38-50)52-27-15-28-57-55-25-12-13-29-59(55)64-62(52)57)51-23-14-22-47(40-51)48-34-39-54-53-24-10-11-26-56(53)60(45-18-6-2-7-19-45)61(58(54)41-48)46-20-8-3-9-21-46/h1-41H. The molecule has 300 valence electrons. The summed E-state index contributed by atoms with van der Waals surface area (Å²) in [6, 6.07) is 90.9. The quantitative estimate of drug-likeness (QED) is 0.138. The van der Waals surface area contributed by atoms with Crippen LogP contribution in [-0.2, 0) is 0 Å². The number of fused-ring (bicyclic) bond motifs is 6. The summed E-state index contributed by atoms with van der Waals surface area (Å²) in [7, 11) is 0. The molecule has 0 amide bonds. The van der Waals surface area contributed by atoms with Crippen molar-refractivity contribution in [3.63, 3.8) is 0 Å². The molecule has 11 aromatic carbocycles. The number of anilines is 3. The zero-order chi connectivity index (χ0) is 42.4. The van der Waals surface area contributed by atoms with E-state index in [2.05, 4.69) is 254 Å². The van der Waals surface area contributed by atoms with Crippen molar-refractivity contribution in [1.29, 1.82) is 0 Å². The van der Waals surface area contributed by atoms with Gasteiger partial charge in [-0.25, -0.2) is 0 Å². The van der Waals surface area contributed by atoms with Gasteiger partial charge in [-0.3, -0.25) is 0 Å². The van der Waals surface area contributed by atoms with Gasteiger partial charge in [0.25, 0.3) is 0 Å². The van der Waals surface area contributed by atoms with Gasteiger partial charge in [0.05, 0.1) is 0 Å². The normalized spacial score (nSPS) is 11.4. The molecule has 0 N–H and O–H groups in total. The smallest absolute Gasteiger partial charge is 0.0467 e. The monoisotopic (exact) mass is 831 g/mol. The predicted molar refractivity (Wildman–Crippen MR) is 276 cm³/mol. The van der Waals surface area contributed by atoms with Gasteiger partial charge >= 0.3 is 0 Å². The van der Waals surface area contributed by atoms with E-state index in [0.717, 1.165) is 22.6 Å². The fourth-order valence-electron chi connectivity index (χ4n) is 9.65. The highest BCUT2D eigenvalue weighted by molar-refractivity contribution is 7.26. The van der Waals surface area contributed by atoms with Crippen LogP contribution in [0.3, 0.4) is 0 Å². The summed E-state index contributed by atoms with van der Waals surface area (Å²) in [5.41, 5.74) is 15.4. The van der Waals surface area contributed by atoms with Gasteiger partial charge in [0.15, 0.2) is 0 Å². The Hall–Kier alpha value is -8.04. The van der Waals surface area contributed by atoms with Gasteiger partial charge in [0, 0.05) is 37.2 Å². The summed E-state index contributed by atoms with van der Waals surface area (Å²) in [4.78, 5) is 2.39. The Morgan fingerprint density at radius 1 is 0.250 bits per heavy atom. The molecule has 0 unspecified atom stereocenters. The fraction of sp³-hybridized carbons (Fsp3) is 0. The van der Waals surface area contributed by atoms with Crippen molar-refractivity contribution in [3.05, 3.63) is 249 Å². The lowest BCUT2D eigenvalue weighted by Crippen LogP contribution is -2.10. The number of hydrogen-bond acceptors (Lipinski definition) is 2. The molecule has 0 atom stereocenters. The molecule has 12 rings (SSSR count). The van der Waals surface area contributed by atoms with E-state index in [1.54, 1.807) is 0 Å². The molecule has 0 aliphatic heterocycles. The van der Waals surface area contributed by atoms with Crippen LogP contribution in [0.4, 0.5) is 17.1 Å². The van der Waals surface area contributed by atoms with Crippen molar-refractivity contribution in [2.45, 2.75) is 0 Å². The van der Waals surface area contributed by atoms with E-state index in [-0.39, 0.29) is 0 Å². The van der Waals surface area contributed by atoms with Crippen molar-refractivity contribution in [3.8, 4) is 55.6 Å². The number of rotatable bonds is 8. The van der Waals surface area contributed by atoms with Crippen LogP contribution in [0.5, 0.6) is 0 Å². The van der Waals surface area contributed by atoms with Gasteiger partial charge in [-0.05, 0) is 126 Å². The van der Waals surface area contributed by atoms with Crippen LogP contribution in [-0.4, -0.2) is 0 Å². The Morgan fingerprint density at radius 2 is 0.719 bits per heavy atom. The SMILES string of the molecule is c1ccc(-c2ccc(N(c3ccc(-c4cccc5c4sc4ccccc45)cc3)c3cccc(-c4ccc5c(c4)c(-c4ccccc4)c(-c4ccccc4)c4ccccc45)c3)cc2)cc1. The van der Waals surface area contributed by atoms with Gasteiger partial charge in [-0.15, -0.1) is 11.3 Å². The molecule has 0 aliphatic rings. The fourth-order valence-corrected chi connectivity index (χ4v) is 10.9. The Bertz CT molecular complexity index is 3630. The average Bonchev–Trinajstić information content (AvgIpc) is 3.76. The van der Waals surface area contributed by atoms with E-state index in [4.69, 9.17) is 0 Å². The first kappa shape index (κ1) is 37.7. The van der Waals surface area contributed by atoms with Gasteiger partial charge in [0.1, 0.15) is 0 Å². The van der Waals surface area contributed by atoms with Crippen molar-refractivity contribution in [1.82, 2.24) is 0 Å². The van der Waals surface area contributed by atoms with Gasteiger partial charge in [-0.1, -0.05) is 200 Å². The molecule has 2 heteroatoms. The van der Waals surface area contributed by atoms with Crippen molar-refractivity contribution in [2.75, 3.05) is 4.90 Å². The third-order valence-corrected chi connectivity index (χ3v) is 13.9. The maximum atomic E-state index is 2.41. The highest BCUT2D eigenvalue weighted by atomic mass is 32.1. The van der Waals surface area contributed by atoms with Gasteiger partial charge in [0.2, 0.25) is 0 Å². The molecule has 0 saturated heterocycles. The zero-order valence-electron chi connectivity index (χ0n) is 35.0. The second-order valence-electron chi connectivity index (χ2n) is 16.4. The summed E-state index contributed by atoms with van der Waals surface area (Å²) in [6.07, 6.45) is 0. The Kier molecular flexibility index (Phi) is 9.43. The molecule has 64 heavy (non-hydrogen) atoms. The first-order valence-corrected chi connectivity index (χ1v) is 22.7. The minimum atomic E-state index is 1.09. The largest absolute Gasteiger partial charge is 0.310 e. The lowest BCUT2D eigenvalue weighted by Gasteiger charge is -2.26. The van der Waals surface area contributed by atoms with Crippen molar-refractivity contribution >= 4 is 70.1 Å². The van der Waals surface area contributed by atoms with Crippen LogP contribution in [0.2, 0.25) is 0 Å². The highest BCUT2D eigenvalue weighted by Crippen LogP contribution is 2.47. The third-order valence-electron chi connectivity index (χ3n) is 12.7. The lowest BCUT2D eigenvalue weighted by molar-refractivity contribution is 1.28. The maximum Gasteiger partial charge on any atom is 0.0467 e. The summed E-state index contributed by atoms with van der Waals surface area (Å²) in [6.45, 7) is 0. The minimum absolute atomic E-state index is 1.09. The summed E-state index contributed by atoms with van der Waals surface area (Å²) < 4.78 is 2.64. The number of hydrogen-bond donors (Lipinski definition) is 0. The topological polar surface area (TPSA) is 3.24 Å². The van der Waals surface area contributed by atoms with Crippen LogP contribution in [0.25, 0.3) is 97.4 Å². The Labute approximate surface area is 377 Å². The second kappa shape index (κ2) is 16.0. The van der Waals surface area contributed by atoms with Crippen LogP contribution in [0.15, 0.2) is 249 Å². The molecule has 12 aromatic rings. The van der Waals surface area contributed by atoms with Crippen LogP contribution >= 0.6 is 11.3 Å². The first-order valence-electron chi connectivity index (χ1n) is 21.9. The van der Waals surface area contributed by atoms with Crippen LogP contribution < -0.4 is 4.90 Å². The molecule has 1 heterocycles. The number of thiophene rings is 1. The highest BCUT2D eigenvalue weighted by Gasteiger charge is 2.20. The second-order valence-corrected chi connectivity index (χ2v) is 17.5. The third kappa shape index (κ3) is 6.64. The molecule has 1 nitrogen and oxygen atoms in total. The molecule has 0 spiro atoms. The molecular weight excluding hydrogens is 791 g/mol. The molecule has 0 bridgehead atoms. The van der Waals surface area contributed by atoms with E-state index in [1.165, 1.54) is 91.8 Å². The Morgan fingerprint density at radius 3 is 1.41 bits per heavy atom. The zero-order valence-corrected chi connectivity index (χ0v) is 35.8. The molecule has 0 radical (unpaired) electrons. The summed E-state index contributed by atoms with van der Waals surface area (Å²) in [5, 5.41) is 7.64. The summed E-state index contributed by atoms with van der Waals surface area (Å²) >= 11 is 1.88. The molecule has 0 fully saturated rings. The number of nitrogens with zero attached hydrogens (tertiary/aromatic N) is 1. The predicted octanol–water partition coefficient (Wildman–Crippen LogP) is 18.2. The van der Waals surface area contributed by atoms with E-state index in [9.17, 15) is 0 Å². The number of benzene rings is 11. The molecule has 0 aliphatic carbocycles. The minimum Gasteiger partial charge on any atom is -0.310 e. The maximum absolute atomic E-state index is 2.41. The van der Waals surface area contributed by atoms with E-state index < -0.39 is 0 Å². The van der Waals surface area contributed by atoms with Crippen molar-refractivity contribution in [2.24, 2.45) is 0 Å². The van der Waals surface area contributed by atoms with Gasteiger partial charge < -0.3 is 4.90 Å². The molecule has 1 aromatic heterocycles. The van der Waals surface area contributed by atoms with E-state index >= 15 is 0 Å².